The van der Waals surface area contributed by atoms with E-state index in [1.165, 1.54) is 0 Å². The van der Waals surface area contributed by atoms with Crippen molar-refractivity contribution in [3.63, 3.8) is 0 Å². The number of hydrogen-bond donors (Lipinski definition) is 1. The topological polar surface area (TPSA) is 67.9 Å². The number of nitrogens with one attached hydrogen (secondary N) is 1. The molecule has 3 rings (SSSR count). The highest BCUT2D eigenvalue weighted by Crippen LogP contribution is 2.41. The van der Waals surface area contributed by atoms with Crippen molar-refractivity contribution in [3.8, 4) is 0 Å². The lowest BCUT2D eigenvalue weighted by Gasteiger charge is -2.41. The van der Waals surface area contributed by atoms with Crippen LogP contribution in [0.5, 0.6) is 0 Å². The van der Waals surface area contributed by atoms with Crippen LogP contribution in [0.25, 0.3) is 0 Å². The van der Waals surface area contributed by atoms with Gasteiger partial charge in [-0.3, -0.25) is 14.5 Å². The van der Waals surface area contributed by atoms with E-state index < -0.39 is 11.8 Å². The van der Waals surface area contributed by atoms with Crippen molar-refractivity contribution in [2.24, 2.45) is 0 Å². The van der Waals surface area contributed by atoms with Gasteiger partial charge in [-0.05, 0) is 43.9 Å². The molecular weight excluding hydrogens is 356 g/mol. The predicted octanol–water partition coefficient (Wildman–Crippen LogP) is 2.60. The van der Waals surface area contributed by atoms with Crippen LogP contribution in [0.4, 0.5) is 0 Å². The quantitative estimate of drug-likeness (QED) is 0.797. The van der Waals surface area contributed by atoms with Crippen molar-refractivity contribution in [1.29, 1.82) is 0 Å². The molecule has 0 radical (unpaired) electrons. The third-order valence-electron chi connectivity index (χ3n) is 5.09. The highest BCUT2D eigenvalue weighted by Gasteiger charge is 2.52. The van der Waals surface area contributed by atoms with Crippen molar-refractivity contribution in [3.05, 3.63) is 34.9 Å². The second-order valence-electron chi connectivity index (χ2n) is 6.80. The summed E-state index contributed by atoms with van der Waals surface area (Å²) in [4.78, 5) is 27.6. The van der Waals surface area contributed by atoms with Crippen molar-refractivity contribution < 1.29 is 19.1 Å². The largest absolute Gasteiger partial charge is 0.383 e. The Hall–Kier alpha value is -1.63. The minimum Gasteiger partial charge on any atom is -0.383 e. The molecule has 1 atom stereocenters. The number of carbonyl (C=O) groups excluding carboxylic acids is 2. The van der Waals surface area contributed by atoms with E-state index in [1.807, 2.05) is 0 Å². The molecule has 1 aromatic rings. The second-order valence-corrected chi connectivity index (χ2v) is 7.24. The average Bonchev–Trinajstić information content (AvgIpc) is 3.00. The third kappa shape index (κ3) is 3.87. The Balaban J connectivity index is 1.87. The Kier molecular flexibility index (Phi) is 6.16. The molecule has 1 N–H and O–H groups in total. The van der Waals surface area contributed by atoms with Gasteiger partial charge < -0.3 is 14.8 Å². The van der Waals surface area contributed by atoms with Crippen LogP contribution in [0, 0.1) is 0 Å². The smallest absolute Gasteiger partial charge is 0.256 e. The van der Waals surface area contributed by atoms with Crippen LogP contribution in [0.1, 0.15) is 42.5 Å². The average molecular weight is 381 g/mol. The number of carbonyl (C=O) groups is 2. The SMILES string of the molecule is COCCNC(=O)[C@@H]1COC2(CCCCC2)N1C(=O)c1cccc(Cl)c1. The molecule has 2 amide bonds. The van der Waals surface area contributed by atoms with Gasteiger partial charge in [0.25, 0.3) is 5.91 Å². The number of rotatable bonds is 5. The number of benzene rings is 1. The zero-order valence-electron chi connectivity index (χ0n) is 15.0. The van der Waals surface area contributed by atoms with Gasteiger partial charge >= 0.3 is 0 Å². The van der Waals surface area contributed by atoms with Crippen molar-refractivity contribution in [2.45, 2.75) is 43.9 Å². The zero-order valence-corrected chi connectivity index (χ0v) is 15.8. The van der Waals surface area contributed by atoms with Gasteiger partial charge in [-0.2, -0.15) is 0 Å². The fourth-order valence-corrected chi connectivity index (χ4v) is 4.02. The van der Waals surface area contributed by atoms with Crippen molar-refractivity contribution in [2.75, 3.05) is 26.9 Å². The third-order valence-corrected chi connectivity index (χ3v) is 5.33. The molecule has 2 fully saturated rings. The Morgan fingerprint density at radius 3 is 2.81 bits per heavy atom. The summed E-state index contributed by atoms with van der Waals surface area (Å²) in [5.41, 5.74) is -0.219. The first kappa shape index (κ1) is 19.1. The van der Waals surface area contributed by atoms with Crippen LogP contribution < -0.4 is 5.32 Å². The molecule has 0 bridgehead atoms. The monoisotopic (exact) mass is 380 g/mol. The number of amides is 2. The number of methoxy groups -OCH3 is 1. The molecule has 26 heavy (non-hydrogen) atoms. The fraction of sp³-hybridized carbons (Fsp3) is 0.579. The van der Waals surface area contributed by atoms with Gasteiger partial charge in [0.15, 0.2) is 0 Å². The molecule has 6 nitrogen and oxygen atoms in total. The maximum atomic E-state index is 13.3. The molecule has 1 saturated carbocycles. The molecule has 1 aliphatic carbocycles. The highest BCUT2D eigenvalue weighted by atomic mass is 35.5. The van der Waals surface area contributed by atoms with Crippen LogP contribution in [-0.4, -0.2) is 55.3 Å². The summed E-state index contributed by atoms with van der Waals surface area (Å²) < 4.78 is 11.1. The normalized spacial score (nSPS) is 21.8. The summed E-state index contributed by atoms with van der Waals surface area (Å²) in [5.74, 6) is -0.418. The Labute approximate surface area is 158 Å². The van der Waals surface area contributed by atoms with Gasteiger partial charge in [0, 0.05) is 24.2 Å². The van der Waals surface area contributed by atoms with Gasteiger partial charge in [-0.15, -0.1) is 0 Å². The maximum Gasteiger partial charge on any atom is 0.256 e. The number of ether oxygens (including phenoxy) is 2. The van der Waals surface area contributed by atoms with Crippen LogP contribution in [-0.2, 0) is 14.3 Å². The molecule has 142 valence electrons. The first-order valence-electron chi connectivity index (χ1n) is 9.07. The molecule has 0 aromatic heterocycles. The summed E-state index contributed by atoms with van der Waals surface area (Å²) in [6.07, 6.45) is 4.59. The first-order chi connectivity index (χ1) is 12.6. The van der Waals surface area contributed by atoms with Crippen molar-refractivity contribution >= 4 is 23.4 Å². The first-order valence-corrected chi connectivity index (χ1v) is 9.45. The Morgan fingerprint density at radius 1 is 1.35 bits per heavy atom. The summed E-state index contributed by atoms with van der Waals surface area (Å²) in [6.45, 7) is 1.04. The minimum absolute atomic E-state index is 0.208. The molecule has 2 aliphatic rings. The second kappa shape index (κ2) is 8.37. The number of nitrogens with zero attached hydrogens (tertiary/aromatic N) is 1. The summed E-state index contributed by atoms with van der Waals surface area (Å²) in [5, 5.41) is 3.33. The summed E-state index contributed by atoms with van der Waals surface area (Å²) >= 11 is 6.06. The van der Waals surface area contributed by atoms with Gasteiger partial charge in [0.1, 0.15) is 11.8 Å². The highest BCUT2D eigenvalue weighted by molar-refractivity contribution is 6.31. The maximum absolute atomic E-state index is 13.3. The summed E-state index contributed by atoms with van der Waals surface area (Å²) in [6, 6.07) is 6.19. The summed E-state index contributed by atoms with van der Waals surface area (Å²) in [7, 11) is 1.58. The standard InChI is InChI=1S/C19H25ClN2O4/c1-25-11-10-21-17(23)16-13-26-19(8-3-2-4-9-19)22(16)18(24)14-6-5-7-15(20)12-14/h5-7,12,16H,2-4,8-11,13H2,1H3,(H,21,23)/t16-/m0/s1. The molecule has 0 unspecified atom stereocenters. The van der Waals surface area contributed by atoms with Crippen LogP contribution in [0.15, 0.2) is 24.3 Å². The van der Waals surface area contributed by atoms with E-state index in [1.54, 1.807) is 36.3 Å². The lowest BCUT2D eigenvalue weighted by molar-refractivity contribution is -0.127. The molecule has 7 heteroatoms. The minimum atomic E-state index is -0.694. The predicted molar refractivity (Wildman–Crippen MR) is 98.1 cm³/mol. The van der Waals surface area contributed by atoms with E-state index in [4.69, 9.17) is 21.1 Å². The lowest BCUT2D eigenvalue weighted by atomic mass is 9.89. The Morgan fingerprint density at radius 2 is 2.12 bits per heavy atom. The molecule has 1 heterocycles. The van der Waals surface area contributed by atoms with E-state index in [-0.39, 0.29) is 18.4 Å². The van der Waals surface area contributed by atoms with E-state index in [0.717, 1.165) is 32.1 Å². The van der Waals surface area contributed by atoms with E-state index in [9.17, 15) is 9.59 Å². The van der Waals surface area contributed by atoms with Gasteiger partial charge in [0.05, 0.1) is 13.2 Å². The molecule has 1 spiro atoms. The van der Waals surface area contributed by atoms with Crippen LogP contribution in [0.2, 0.25) is 5.02 Å². The number of halogens is 1. The molecular formula is C19H25ClN2O4. The fourth-order valence-electron chi connectivity index (χ4n) is 3.83. The van der Waals surface area contributed by atoms with E-state index in [0.29, 0.717) is 23.7 Å². The molecule has 1 aliphatic heterocycles. The molecule has 1 aromatic carbocycles. The van der Waals surface area contributed by atoms with Crippen LogP contribution >= 0.6 is 11.6 Å². The van der Waals surface area contributed by atoms with Crippen LogP contribution in [0.3, 0.4) is 0 Å². The Bertz CT molecular complexity index is 661. The molecule has 1 saturated heterocycles. The number of hydrogen-bond acceptors (Lipinski definition) is 4. The van der Waals surface area contributed by atoms with E-state index >= 15 is 0 Å². The van der Waals surface area contributed by atoms with Gasteiger partial charge in [-0.25, -0.2) is 0 Å². The van der Waals surface area contributed by atoms with Gasteiger partial charge in [-0.1, -0.05) is 24.1 Å². The van der Waals surface area contributed by atoms with Crippen molar-refractivity contribution in [1.82, 2.24) is 10.2 Å². The zero-order chi connectivity index (χ0) is 18.6. The lowest BCUT2D eigenvalue weighted by Crippen LogP contribution is -2.56. The van der Waals surface area contributed by atoms with E-state index in [2.05, 4.69) is 5.32 Å². The van der Waals surface area contributed by atoms with Gasteiger partial charge in [0.2, 0.25) is 5.91 Å².